The number of carbonyl (C=O) groups excluding carboxylic acids is 3. The first-order valence-corrected chi connectivity index (χ1v) is 15.6. The van der Waals surface area contributed by atoms with E-state index in [1.807, 2.05) is 19.9 Å². The molecule has 10 nitrogen and oxygen atoms in total. The van der Waals surface area contributed by atoms with Gasteiger partial charge in [0.15, 0.2) is 0 Å². The van der Waals surface area contributed by atoms with E-state index in [0.717, 1.165) is 18.4 Å². The van der Waals surface area contributed by atoms with Crippen LogP contribution in [0.3, 0.4) is 0 Å². The average Bonchev–Trinajstić information content (AvgIpc) is 3.61. The van der Waals surface area contributed by atoms with Crippen LogP contribution < -0.4 is 11.1 Å². The van der Waals surface area contributed by atoms with Crippen LogP contribution in [0.25, 0.3) is 0 Å². The molecule has 1 aromatic carbocycles. The molecule has 2 aromatic rings. The van der Waals surface area contributed by atoms with Gasteiger partial charge < -0.3 is 25.6 Å². The standard InChI is InChI=1S/C32H41B2FN6O4/c1-31(2,10-7-26(42)28-27(32(28,33)34)22-4-3-11-37-19-22)45-30(44)41-16-14-39(15-17-41)24-8-12-40(13-9-24)29(43)38-20-21-5-6-23(36)18-25(21)35/h3-6,11,18-19,24,27-28H,7-10,12-17,20,36H2,1-2H3,(H,38,43). The number of aromatic nitrogens is 1. The van der Waals surface area contributed by atoms with Gasteiger partial charge in [0, 0.05) is 87.8 Å². The largest absolute Gasteiger partial charge is 0.443 e. The number of hydrogen-bond donors (Lipinski definition) is 2. The summed E-state index contributed by atoms with van der Waals surface area (Å²) in [5, 5.41) is 1.70. The maximum atomic E-state index is 14.0. The highest BCUT2D eigenvalue weighted by molar-refractivity contribution is 6.45. The van der Waals surface area contributed by atoms with Crippen LogP contribution in [0.15, 0.2) is 42.7 Å². The Hall–Kier alpha value is -3.60. The predicted octanol–water partition coefficient (Wildman–Crippen LogP) is 3.23. The van der Waals surface area contributed by atoms with Crippen molar-refractivity contribution in [1.82, 2.24) is 25.0 Å². The molecule has 3 heterocycles. The molecule has 13 heteroatoms. The second-order valence-corrected chi connectivity index (χ2v) is 13.1. The fourth-order valence-corrected chi connectivity index (χ4v) is 6.56. The quantitative estimate of drug-likeness (QED) is 0.329. The second-order valence-electron chi connectivity index (χ2n) is 13.1. The van der Waals surface area contributed by atoms with E-state index in [0.29, 0.717) is 63.0 Å². The number of likely N-dealkylation sites (tertiary alicyclic amines) is 1. The molecule has 2 saturated heterocycles. The molecule has 1 aliphatic carbocycles. The van der Waals surface area contributed by atoms with Gasteiger partial charge in [-0.3, -0.25) is 14.7 Å². The number of nitrogens with one attached hydrogen (secondary N) is 1. The number of urea groups is 1. The molecule has 1 aromatic heterocycles. The molecule has 5 rings (SSSR count). The van der Waals surface area contributed by atoms with E-state index in [9.17, 15) is 18.8 Å². The van der Waals surface area contributed by atoms with Gasteiger partial charge in [0.05, 0.1) is 15.7 Å². The molecule has 3 fully saturated rings. The SMILES string of the molecule is [B]C1([B])C(C(=O)CCC(C)(C)OC(=O)N2CCN(C3CCN(C(=O)NCc4ccc(N)cc4F)CC3)CC2)C1c1cccnc1. The number of piperazine rings is 1. The number of carbonyl (C=O) groups is 3. The smallest absolute Gasteiger partial charge is 0.410 e. The zero-order valence-corrected chi connectivity index (χ0v) is 26.1. The summed E-state index contributed by atoms with van der Waals surface area (Å²) in [5.74, 6) is -1.22. The van der Waals surface area contributed by atoms with Gasteiger partial charge in [-0.2, -0.15) is 0 Å². The van der Waals surface area contributed by atoms with Crippen molar-refractivity contribution in [2.45, 2.75) is 68.9 Å². The summed E-state index contributed by atoms with van der Waals surface area (Å²) in [6.45, 7) is 7.46. The Balaban J connectivity index is 1.00. The van der Waals surface area contributed by atoms with Crippen LogP contribution in [0.5, 0.6) is 0 Å². The molecule has 3 amide bonds. The van der Waals surface area contributed by atoms with Crippen LogP contribution in [0.4, 0.5) is 19.7 Å². The number of benzene rings is 1. The first kappa shape index (κ1) is 32.8. The maximum absolute atomic E-state index is 14.0. The number of ketones is 1. The number of piperidine rings is 1. The minimum Gasteiger partial charge on any atom is -0.443 e. The van der Waals surface area contributed by atoms with Gasteiger partial charge >= 0.3 is 12.1 Å². The predicted molar refractivity (Wildman–Crippen MR) is 170 cm³/mol. The summed E-state index contributed by atoms with van der Waals surface area (Å²) in [5.41, 5.74) is 6.35. The summed E-state index contributed by atoms with van der Waals surface area (Å²) in [4.78, 5) is 48.6. The third-order valence-corrected chi connectivity index (χ3v) is 9.38. The first-order valence-electron chi connectivity index (χ1n) is 15.6. The number of Topliss-reactive ketones (excluding diaryl/α,β-unsaturated/α-hetero) is 1. The van der Waals surface area contributed by atoms with E-state index in [2.05, 4.69) is 15.2 Å². The summed E-state index contributed by atoms with van der Waals surface area (Å²) in [7, 11) is 12.5. The molecular weight excluding hydrogens is 573 g/mol. The summed E-state index contributed by atoms with van der Waals surface area (Å²) < 4.78 is 19.9. The van der Waals surface area contributed by atoms with E-state index in [-0.39, 0.29) is 36.8 Å². The zero-order chi connectivity index (χ0) is 32.4. The van der Waals surface area contributed by atoms with Crippen molar-refractivity contribution in [2.75, 3.05) is 45.0 Å². The van der Waals surface area contributed by atoms with Crippen LogP contribution in [0.1, 0.15) is 56.6 Å². The van der Waals surface area contributed by atoms with Crippen LogP contribution in [0, 0.1) is 11.7 Å². The Morgan fingerprint density at radius 3 is 2.44 bits per heavy atom. The van der Waals surface area contributed by atoms with Crippen LogP contribution >= 0.6 is 0 Å². The number of pyridine rings is 1. The van der Waals surface area contributed by atoms with Gasteiger partial charge in [-0.15, -0.1) is 0 Å². The van der Waals surface area contributed by atoms with Crippen molar-refractivity contribution in [3.8, 4) is 0 Å². The molecule has 4 radical (unpaired) electrons. The second kappa shape index (κ2) is 13.4. The van der Waals surface area contributed by atoms with Crippen molar-refractivity contribution in [3.63, 3.8) is 0 Å². The molecule has 3 N–H and O–H groups in total. The van der Waals surface area contributed by atoms with Crippen molar-refractivity contribution >= 4 is 39.3 Å². The molecular formula is C32H41B2FN6O4. The summed E-state index contributed by atoms with van der Waals surface area (Å²) >= 11 is 0. The third-order valence-electron chi connectivity index (χ3n) is 9.38. The average molecular weight is 614 g/mol. The Labute approximate surface area is 267 Å². The van der Waals surface area contributed by atoms with E-state index >= 15 is 0 Å². The fraction of sp³-hybridized carbons (Fsp3) is 0.562. The number of nitrogen functional groups attached to an aromatic ring is 1. The summed E-state index contributed by atoms with van der Waals surface area (Å²) in [6, 6.07) is 8.22. The Morgan fingerprint density at radius 2 is 1.80 bits per heavy atom. The lowest BCUT2D eigenvalue weighted by atomic mass is 9.62. The van der Waals surface area contributed by atoms with Gasteiger partial charge in [-0.05, 0) is 62.8 Å². The number of ether oxygens (including phenoxy) is 1. The molecule has 236 valence electrons. The summed E-state index contributed by atoms with van der Waals surface area (Å²) in [6.07, 6.45) is 5.19. The zero-order valence-electron chi connectivity index (χ0n) is 26.1. The van der Waals surface area contributed by atoms with Gasteiger partial charge in [0.2, 0.25) is 0 Å². The first-order chi connectivity index (χ1) is 21.4. The number of nitrogens with zero attached hydrogens (tertiary/aromatic N) is 4. The van der Waals surface area contributed by atoms with E-state index in [4.69, 9.17) is 26.2 Å². The highest BCUT2D eigenvalue weighted by Crippen LogP contribution is 2.67. The number of anilines is 1. The number of hydrogen-bond acceptors (Lipinski definition) is 7. The Morgan fingerprint density at radius 1 is 1.09 bits per heavy atom. The number of nitrogens with two attached hydrogens (primary N) is 1. The minimum absolute atomic E-state index is 0.0363. The highest BCUT2D eigenvalue weighted by Gasteiger charge is 2.60. The van der Waals surface area contributed by atoms with Gasteiger partial charge in [-0.25, -0.2) is 14.0 Å². The third kappa shape index (κ3) is 7.80. The Bertz CT molecular complexity index is 1380. The van der Waals surface area contributed by atoms with Gasteiger partial charge in [0.25, 0.3) is 0 Å². The topological polar surface area (TPSA) is 121 Å². The lowest BCUT2D eigenvalue weighted by Gasteiger charge is -2.42. The lowest BCUT2D eigenvalue weighted by molar-refractivity contribution is -0.121. The molecule has 3 aliphatic rings. The number of rotatable bonds is 9. The normalized spacial score (nSPS) is 22.1. The van der Waals surface area contributed by atoms with Gasteiger partial charge in [0.1, 0.15) is 17.2 Å². The molecule has 2 unspecified atom stereocenters. The molecule has 0 spiro atoms. The van der Waals surface area contributed by atoms with Crippen LogP contribution in [0.2, 0.25) is 5.21 Å². The molecule has 1 saturated carbocycles. The van der Waals surface area contributed by atoms with Crippen LogP contribution in [-0.2, 0) is 16.1 Å². The van der Waals surface area contributed by atoms with Crippen molar-refractivity contribution in [1.29, 1.82) is 0 Å². The number of halogens is 1. The van der Waals surface area contributed by atoms with Crippen molar-refractivity contribution in [3.05, 3.63) is 59.7 Å². The highest BCUT2D eigenvalue weighted by atomic mass is 19.1. The van der Waals surface area contributed by atoms with Crippen molar-refractivity contribution < 1.29 is 23.5 Å². The lowest BCUT2D eigenvalue weighted by Crippen LogP contribution is -2.56. The van der Waals surface area contributed by atoms with Crippen molar-refractivity contribution in [2.24, 2.45) is 5.92 Å². The molecule has 45 heavy (non-hydrogen) atoms. The molecule has 2 aliphatic heterocycles. The van der Waals surface area contributed by atoms with E-state index in [1.54, 1.807) is 40.4 Å². The minimum atomic E-state index is -1.09. The molecule has 2 atom stereocenters. The fourth-order valence-electron chi connectivity index (χ4n) is 6.56. The van der Waals surface area contributed by atoms with E-state index in [1.165, 1.54) is 6.07 Å². The Kier molecular flexibility index (Phi) is 9.77. The maximum Gasteiger partial charge on any atom is 0.410 e. The number of amides is 3. The molecule has 0 bridgehead atoms. The van der Waals surface area contributed by atoms with E-state index < -0.39 is 22.5 Å². The van der Waals surface area contributed by atoms with Crippen LogP contribution in [-0.4, -0.2) is 104 Å². The van der Waals surface area contributed by atoms with Gasteiger partial charge in [-0.1, -0.05) is 17.3 Å². The monoisotopic (exact) mass is 614 g/mol.